The highest BCUT2D eigenvalue weighted by Crippen LogP contribution is 2.27. The highest BCUT2D eigenvalue weighted by atomic mass is 35.5. The fourth-order valence-electron chi connectivity index (χ4n) is 3.46. The molecule has 174 valence electrons. The van der Waals surface area contributed by atoms with Crippen molar-refractivity contribution in [3.8, 4) is 0 Å². The third kappa shape index (κ3) is 5.64. The van der Waals surface area contributed by atoms with E-state index in [4.69, 9.17) is 28.9 Å². The van der Waals surface area contributed by atoms with Crippen LogP contribution >= 0.6 is 23.2 Å². The number of amides is 1. The van der Waals surface area contributed by atoms with Crippen molar-refractivity contribution in [1.29, 1.82) is 0 Å². The number of carbonyl (C=O) groups excluding carboxylic acids is 1. The van der Waals surface area contributed by atoms with Crippen molar-refractivity contribution in [2.45, 2.75) is 46.2 Å². The van der Waals surface area contributed by atoms with Gasteiger partial charge in [0.15, 0.2) is 5.69 Å². The van der Waals surface area contributed by atoms with E-state index in [0.29, 0.717) is 29.2 Å². The number of benzene rings is 1. The van der Waals surface area contributed by atoms with Crippen LogP contribution in [0.1, 0.15) is 36.6 Å². The van der Waals surface area contributed by atoms with Gasteiger partial charge in [0.25, 0.3) is 5.56 Å². The van der Waals surface area contributed by atoms with Gasteiger partial charge in [-0.2, -0.15) is 0 Å². The van der Waals surface area contributed by atoms with Crippen molar-refractivity contribution in [3.63, 3.8) is 0 Å². The average molecular weight is 490 g/mol. The van der Waals surface area contributed by atoms with Gasteiger partial charge >= 0.3 is 5.69 Å². The molecule has 0 aliphatic heterocycles. The third-order valence-electron chi connectivity index (χ3n) is 5.18. The first kappa shape index (κ1) is 24.5. The number of aromatic amines is 1. The summed E-state index contributed by atoms with van der Waals surface area (Å²) in [5.74, 6) is -0.535. The number of aromatic nitrogens is 3. The Bertz CT molecular complexity index is 1250. The van der Waals surface area contributed by atoms with E-state index in [-0.39, 0.29) is 29.6 Å². The zero-order valence-electron chi connectivity index (χ0n) is 18.4. The second-order valence-electron chi connectivity index (χ2n) is 7.66. The van der Waals surface area contributed by atoms with Crippen molar-refractivity contribution in [2.75, 3.05) is 10.6 Å². The number of aryl methyl sites for hydroxylation is 1. The van der Waals surface area contributed by atoms with E-state index in [9.17, 15) is 14.4 Å². The molecule has 0 bridgehead atoms. The molecule has 2 heterocycles. The largest absolute Gasteiger partial charge is 0.383 e. The van der Waals surface area contributed by atoms with Gasteiger partial charge < -0.3 is 5.73 Å². The molecule has 0 aliphatic carbocycles. The molecular weight excluding hydrogens is 465 g/mol. The summed E-state index contributed by atoms with van der Waals surface area (Å²) in [7, 11) is 0. The van der Waals surface area contributed by atoms with Gasteiger partial charge in [-0.3, -0.25) is 24.0 Å². The monoisotopic (exact) mass is 489 g/mol. The number of hydrogen-bond donors (Lipinski definition) is 2. The van der Waals surface area contributed by atoms with Crippen LogP contribution in [-0.2, 0) is 24.3 Å². The molecule has 1 aromatic carbocycles. The first-order valence-corrected chi connectivity index (χ1v) is 11.3. The van der Waals surface area contributed by atoms with E-state index in [0.717, 1.165) is 12.0 Å². The van der Waals surface area contributed by atoms with E-state index < -0.39 is 17.2 Å². The zero-order valence-corrected chi connectivity index (χ0v) is 19.9. The summed E-state index contributed by atoms with van der Waals surface area (Å²) in [6, 6.07) is 10.8. The first-order chi connectivity index (χ1) is 15.7. The highest BCUT2D eigenvalue weighted by molar-refractivity contribution is 6.35. The molecule has 0 saturated carbocycles. The molecule has 0 atom stereocenters. The van der Waals surface area contributed by atoms with E-state index >= 15 is 0 Å². The molecule has 3 N–H and O–H groups in total. The van der Waals surface area contributed by atoms with E-state index in [1.54, 1.807) is 13.0 Å². The number of nitrogens with two attached hydrogens (primary N) is 1. The number of anilines is 2. The number of nitrogens with zero attached hydrogens (tertiary/aromatic N) is 3. The normalized spacial score (nSPS) is 10.9. The maximum atomic E-state index is 13.5. The number of carbonyl (C=O) groups is 1. The Hall–Kier alpha value is -3.10. The van der Waals surface area contributed by atoms with Crippen LogP contribution in [0.15, 0.2) is 46.0 Å². The molecule has 2 aromatic heterocycles. The molecule has 0 fully saturated rings. The maximum Gasteiger partial charge on any atom is 0.330 e. The fourth-order valence-corrected chi connectivity index (χ4v) is 4.13. The van der Waals surface area contributed by atoms with Gasteiger partial charge in [-0.25, -0.2) is 9.78 Å². The molecule has 3 aromatic rings. The molecule has 8 nitrogen and oxygen atoms in total. The van der Waals surface area contributed by atoms with Crippen LogP contribution in [0.25, 0.3) is 0 Å². The maximum absolute atomic E-state index is 13.5. The van der Waals surface area contributed by atoms with Gasteiger partial charge in [0.1, 0.15) is 11.0 Å². The van der Waals surface area contributed by atoms with Gasteiger partial charge in [-0.1, -0.05) is 66.9 Å². The minimum absolute atomic E-state index is 0.0630. The summed E-state index contributed by atoms with van der Waals surface area (Å²) in [6.07, 6.45) is 1.30. The van der Waals surface area contributed by atoms with Crippen LogP contribution in [0.2, 0.25) is 10.2 Å². The Kier molecular flexibility index (Phi) is 7.94. The van der Waals surface area contributed by atoms with Gasteiger partial charge in [-0.05, 0) is 25.0 Å². The van der Waals surface area contributed by atoms with E-state index in [1.165, 1.54) is 9.47 Å². The van der Waals surface area contributed by atoms with Crippen LogP contribution in [0, 0.1) is 6.92 Å². The van der Waals surface area contributed by atoms with Crippen molar-refractivity contribution in [3.05, 3.63) is 84.2 Å². The Morgan fingerprint density at radius 3 is 2.55 bits per heavy atom. The van der Waals surface area contributed by atoms with Crippen molar-refractivity contribution >= 4 is 40.6 Å². The number of halogens is 2. The summed E-state index contributed by atoms with van der Waals surface area (Å²) in [6.45, 7) is 4.10. The lowest BCUT2D eigenvalue weighted by Crippen LogP contribution is -2.41. The molecule has 1 amide bonds. The molecule has 10 heteroatoms. The quantitative estimate of drug-likeness (QED) is 0.468. The highest BCUT2D eigenvalue weighted by Gasteiger charge is 2.26. The molecule has 3 rings (SSSR count). The van der Waals surface area contributed by atoms with Gasteiger partial charge in [-0.15, -0.1) is 0 Å². The Morgan fingerprint density at radius 2 is 1.91 bits per heavy atom. The predicted molar refractivity (Wildman–Crippen MR) is 131 cm³/mol. The summed E-state index contributed by atoms with van der Waals surface area (Å²) >= 11 is 12.6. The van der Waals surface area contributed by atoms with Crippen LogP contribution in [0.3, 0.4) is 0 Å². The summed E-state index contributed by atoms with van der Waals surface area (Å²) in [5, 5.41) is 0.415. The van der Waals surface area contributed by atoms with Crippen molar-refractivity contribution in [1.82, 2.24) is 14.5 Å². The summed E-state index contributed by atoms with van der Waals surface area (Å²) in [4.78, 5) is 46.4. The SMILES string of the molecule is CCCCn1c(N)c(N(Cc2ccccc2)C(=O)Cc2c(Cl)cc(C)nc2Cl)c(=O)[nH]c1=O. The fraction of sp³-hybridized carbons (Fsp3) is 0.304. The summed E-state index contributed by atoms with van der Waals surface area (Å²) < 4.78 is 1.28. The molecule has 0 unspecified atom stereocenters. The number of pyridine rings is 1. The molecule has 33 heavy (non-hydrogen) atoms. The number of nitrogens with one attached hydrogen (secondary N) is 1. The number of H-pyrrole nitrogens is 1. The molecular formula is C23H25Cl2N5O3. The van der Waals surface area contributed by atoms with Gasteiger partial charge in [0.05, 0.1) is 13.0 Å². The van der Waals surface area contributed by atoms with E-state index in [2.05, 4.69) is 9.97 Å². The van der Waals surface area contributed by atoms with Crippen LogP contribution in [0.4, 0.5) is 11.5 Å². The van der Waals surface area contributed by atoms with Crippen molar-refractivity contribution < 1.29 is 4.79 Å². The lowest BCUT2D eigenvalue weighted by Gasteiger charge is -2.25. The van der Waals surface area contributed by atoms with Crippen LogP contribution in [-0.4, -0.2) is 20.4 Å². The minimum Gasteiger partial charge on any atom is -0.383 e. The number of unbranched alkanes of at least 4 members (excludes halogenated alkanes) is 1. The zero-order chi connectivity index (χ0) is 24.1. The topological polar surface area (TPSA) is 114 Å². The van der Waals surface area contributed by atoms with Crippen LogP contribution in [0.5, 0.6) is 0 Å². The third-order valence-corrected chi connectivity index (χ3v) is 5.83. The predicted octanol–water partition coefficient (Wildman–Crippen LogP) is 3.71. The van der Waals surface area contributed by atoms with Gasteiger partial charge in [0, 0.05) is 22.8 Å². The number of hydrogen-bond acceptors (Lipinski definition) is 5. The Morgan fingerprint density at radius 1 is 1.21 bits per heavy atom. The van der Waals surface area contributed by atoms with Crippen molar-refractivity contribution in [2.24, 2.45) is 0 Å². The first-order valence-electron chi connectivity index (χ1n) is 10.5. The Balaban J connectivity index is 2.11. The summed E-state index contributed by atoms with van der Waals surface area (Å²) in [5.41, 5.74) is 6.57. The molecule has 0 aliphatic rings. The van der Waals surface area contributed by atoms with Gasteiger partial charge in [0.2, 0.25) is 5.91 Å². The average Bonchev–Trinajstić information content (AvgIpc) is 2.75. The minimum atomic E-state index is -0.742. The van der Waals surface area contributed by atoms with E-state index in [1.807, 2.05) is 37.3 Å². The number of nitrogen functional groups attached to an aromatic ring is 1. The van der Waals surface area contributed by atoms with Crippen LogP contribution < -0.4 is 21.9 Å². The number of rotatable bonds is 8. The molecule has 0 radical (unpaired) electrons. The smallest absolute Gasteiger partial charge is 0.330 e. The molecule has 0 saturated heterocycles. The second kappa shape index (κ2) is 10.7. The second-order valence-corrected chi connectivity index (χ2v) is 8.42. The lowest BCUT2D eigenvalue weighted by atomic mass is 10.1. The molecule has 0 spiro atoms. The lowest BCUT2D eigenvalue weighted by molar-refractivity contribution is -0.118. The Labute approximate surface area is 201 Å². The standard InChI is InChI=1S/C23H25Cl2N5O3/c1-3-4-10-29-21(26)19(22(32)28-23(29)33)30(13-15-8-6-5-7-9-15)18(31)12-16-17(24)11-14(2)27-20(16)25/h5-9,11H,3-4,10,12-13,26H2,1-2H3,(H,28,32,33).